The van der Waals surface area contributed by atoms with Gasteiger partial charge in [0.25, 0.3) is 5.91 Å². The molecule has 0 fully saturated rings. The van der Waals surface area contributed by atoms with E-state index in [9.17, 15) is 4.79 Å². The van der Waals surface area contributed by atoms with E-state index in [0.29, 0.717) is 16.7 Å². The zero-order valence-electron chi connectivity index (χ0n) is 18.2. The molecule has 2 radical (unpaired) electrons. The van der Waals surface area contributed by atoms with E-state index in [0.717, 1.165) is 33.7 Å². The fourth-order valence-corrected chi connectivity index (χ4v) is 3.58. The molecule has 7 heteroatoms. The van der Waals surface area contributed by atoms with Crippen molar-refractivity contribution in [2.45, 2.75) is 0 Å². The minimum absolute atomic E-state index is 0.177. The zero-order chi connectivity index (χ0) is 23.3. The van der Waals surface area contributed by atoms with Gasteiger partial charge in [0, 0.05) is 58.0 Å². The van der Waals surface area contributed by atoms with Crippen molar-refractivity contribution in [3.05, 3.63) is 109 Å². The molecule has 5 rings (SSSR count). The molecule has 3 aromatic carbocycles. The molecule has 0 unspecified atom stereocenters. The molecule has 162 valence electrons. The molecule has 34 heavy (non-hydrogen) atoms. The predicted octanol–water partition coefficient (Wildman–Crippen LogP) is 5.16. The molecule has 2 heterocycles. The molecule has 6 nitrogen and oxygen atoms in total. The van der Waals surface area contributed by atoms with Gasteiger partial charge in [-0.1, -0.05) is 17.6 Å². The summed E-state index contributed by atoms with van der Waals surface area (Å²) in [5, 5.41) is 10.5. The molecule has 5 aromatic rings. The fraction of sp³-hybridized carbons (Fsp3) is 0. The average molecular weight is 441 g/mol. The van der Waals surface area contributed by atoms with Crippen molar-refractivity contribution >= 4 is 58.6 Å². The Labute approximate surface area is 198 Å². The van der Waals surface area contributed by atoms with E-state index in [2.05, 4.69) is 25.9 Å². The fourth-order valence-electron chi connectivity index (χ4n) is 3.58. The monoisotopic (exact) mass is 441 g/mol. The first-order valence-electron chi connectivity index (χ1n) is 10.7. The molecule has 0 spiro atoms. The topological polar surface area (TPSA) is 78.9 Å². The van der Waals surface area contributed by atoms with Crippen molar-refractivity contribution in [1.82, 2.24) is 9.97 Å². The summed E-state index contributed by atoms with van der Waals surface area (Å²) in [5.74, 6) is -0.177. The van der Waals surface area contributed by atoms with E-state index in [-0.39, 0.29) is 5.91 Å². The molecule has 3 N–H and O–H groups in total. The quantitative estimate of drug-likeness (QED) is 0.317. The highest BCUT2D eigenvalue weighted by molar-refractivity contribution is 6.33. The third-order valence-corrected chi connectivity index (χ3v) is 5.30. The third-order valence-electron chi connectivity index (χ3n) is 5.30. The molecule has 0 saturated heterocycles. The first-order valence-corrected chi connectivity index (χ1v) is 10.7. The molecule has 0 aliphatic rings. The minimum Gasteiger partial charge on any atom is -0.355 e. The van der Waals surface area contributed by atoms with Crippen molar-refractivity contribution in [2.24, 2.45) is 0 Å². The standard InChI is InChI=1S/C27H20BN5O/c28-19-3-10-25-24(17-19)26(13-16-30-25)32-21-4-1-18(2-5-21)27(34)33-22-8-6-20(7-9-22)31-23-11-14-29-15-12-23/h1-17H,(H,29,31)(H,30,32)(H,33,34). The van der Waals surface area contributed by atoms with Crippen LogP contribution in [0.5, 0.6) is 0 Å². The van der Waals surface area contributed by atoms with E-state index in [4.69, 9.17) is 7.85 Å². The van der Waals surface area contributed by atoms with Crippen LogP contribution in [-0.2, 0) is 0 Å². The van der Waals surface area contributed by atoms with Crippen molar-refractivity contribution in [3.8, 4) is 0 Å². The van der Waals surface area contributed by atoms with Crippen LogP contribution in [0.4, 0.5) is 28.4 Å². The van der Waals surface area contributed by atoms with Gasteiger partial charge in [-0.2, -0.15) is 0 Å². The average Bonchev–Trinajstić information content (AvgIpc) is 2.87. The SMILES string of the molecule is [B]c1ccc2nccc(Nc3ccc(C(=O)Nc4ccc(Nc5ccncc5)cc4)cc3)c2c1. The highest BCUT2D eigenvalue weighted by Crippen LogP contribution is 2.25. The summed E-state index contributed by atoms with van der Waals surface area (Å²) < 4.78 is 0. The maximum Gasteiger partial charge on any atom is 0.255 e. The van der Waals surface area contributed by atoms with Crippen LogP contribution < -0.4 is 21.4 Å². The second-order valence-corrected chi connectivity index (χ2v) is 7.73. The van der Waals surface area contributed by atoms with Crippen LogP contribution in [0.25, 0.3) is 10.9 Å². The number of nitrogens with zero attached hydrogens (tertiary/aromatic N) is 2. The number of nitrogens with one attached hydrogen (secondary N) is 3. The Balaban J connectivity index is 1.24. The number of hydrogen-bond donors (Lipinski definition) is 3. The number of rotatable bonds is 6. The minimum atomic E-state index is -0.177. The lowest BCUT2D eigenvalue weighted by Gasteiger charge is -2.11. The largest absolute Gasteiger partial charge is 0.355 e. The Hall–Kier alpha value is -4.65. The Morgan fingerprint density at radius 2 is 1.32 bits per heavy atom. The summed E-state index contributed by atoms with van der Waals surface area (Å²) in [7, 11) is 5.94. The van der Waals surface area contributed by atoms with E-state index in [1.807, 2.05) is 72.8 Å². The number of fused-ring (bicyclic) bond motifs is 1. The van der Waals surface area contributed by atoms with Crippen LogP contribution in [0.15, 0.2) is 104 Å². The molecule has 1 amide bonds. The normalized spacial score (nSPS) is 10.6. The van der Waals surface area contributed by atoms with Crippen molar-refractivity contribution in [2.75, 3.05) is 16.0 Å². The third kappa shape index (κ3) is 4.89. The first kappa shape index (κ1) is 21.2. The summed E-state index contributed by atoms with van der Waals surface area (Å²) in [6.45, 7) is 0. The van der Waals surface area contributed by atoms with Crippen LogP contribution in [-0.4, -0.2) is 23.7 Å². The van der Waals surface area contributed by atoms with E-state index < -0.39 is 0 Å². The summed E-state index contributed by atoms with van der Waals surface area (Å²) in [4.78, 5) is 21.1. The lowest BCUT2D eigenvalue weighted by atomic mass is 9.94. The maximum absolute atomic E-state index is 12.7. The Morgan fingerprint density at radius 3 is 2.09 bits per heavy atom. The van der Waals surface area contributed by atoms with Crippen molar-refractivity contribution < 1.29 is 4.79 Å². The maximum atomic E-state index is 12.7. The number of aromatic nitrogens is 2. The molecule has 0 atom stereocenters. The highest BCUT2D eigenvalue weighted by Gasteiger charge is 2.08. The van der Waals surface area contributed by atoms with Gasteiger partial charge in [-0.15, -0.1) is 0 Å². The summed E-state index contributed by atoms with van der Waals surface area (Å²) in [6.07, 6.45) is 5.21. The molecular weight excluding hydrogens is 421 g/mol. The molecule has 0 bridgehead atoms. The van der Waals surface area contributed by atoms with Gasteiger partial charge in [0.2, 0.25) is 0 Å². The Kier molecular flexibility index (Phi) is 5.90. The van der Waals surface area contributed by atoms with Crippen molar-refractivity contribution in [3.63, 3.8) is 0 Å². The second kappa shape index (κ2) is 9.46. The van der Waals surface area contributed by atoms with Crippen LogP contribution in [0.1, 0.15) is 10.4 Å². The number of carbonyl (C=O) groups excluding carboxylic acids is 1. The summed E-state index contributed by atoms with van der Waals surface area (Å²) >= 11 is 0. The number of pyridine rings is 2. The van der Waals surface area contributed by atoms with Gasteiger partial charge < -0.3 is 16.0 Å². The van der Waals surface area contributed by atoms with Gasteiger partial charge in [-0.05, 0) is 72.8 Å². The number of anilines is 5. The van der Waals surface area contributed by atoms with Gasteiger partial charge in [0.05, 0.1) is 5.52 Å². The van der Waals surface area contributed by atoms with Gasteiger partial charge in [0.15, 0.2) is 0 Å². The number of benzene rings is 3. The number of carbonyl (C=O) groups is 1. The smallest absolute Gasteiger partial charge is 0.255 e. The summed E-state index contributed by atoms with van der Waals surface area (Å²) in [5.41, 5.74) is 6.44. The van der Waals surface area contributed by atoms with E-state index >= 15 is 0 Å². The second-order valence-electron chi connectivity index (χ2n) is 7.73. The zero-order valence-corrected chi connectivity index (χ0v) is 18.2. The van der Waals surface area contributed by atoms with Gasteiger partial charge in [-0.3, -0.25) is 14.8 Å². The molecule has 2 aromatic heterocycles. The lowest BCUT2D eigenvalue weighted by Crippen LogP contribution is -2.11. The van der Waals surface area contributed by atoms with Gasteiger partial charge >= 0.3 is 0 Å². The number of amides is 1. The molecule has 0 aliphatic heterocycles. The van der Waals surface area contributed by atoms with Crippen LogP contribution >= 0.6 is 0 Å². The molecule has 0 saturated carbocycles. The number of hydrogen-bond acceptors (Lipinski definition) is 5. The Morgan fingerprint density at radius 1 is 0.676 bits per heavy atom. The Bertz CT molecular complexity index is 1440. The predicted molar refractivity (Wildman–Crippen MR) is 139 cm³/mol. The van der Waals surface area contributed by atoms with Crippen LogP contribution in [0.3, 0.4) is 0 Å². The van der Waals surface area contributed by atoms with Crippen LogP contribution in [0, 0.1) is 0 Å². The van der Waals surface area contributed by atoms with Crippen molar-refractivity contribution in [1.29, 1.82) is 0 Å². The van der Waals surface area contributed by atoms with E-state index in [1.165, 1.54) is 0 Å². The first-order chi connectivity index (χ1) is 16.6. The van der Waals surface area contributed by atoms with Gasteiger partial charge in [-0.25, -0.2) is 0 Å². The van der Waals surface area contributed by atoms with E-state index in [1.54, 1.807) is 30.7 Å². The highest BCUT2D eigenvalue weighted by atomic mass is 16.1. The van der Waals surface area contributed by atoms with Crippen LogP contribution in [0.2, 0.25) is 0 Å². The van der Waals surface area contributed by atoms with Gasteiger partial charge in [0.1, 0.15) is 7.85 Å². The summed E-state index contributed by atoms with van der Waals surface area (Å²) in [6, 6.07) is 26.1. The lowest BCUT2D eigenvalue weighted by molar-refractivity contribution is 0.102. The molecular formula is C27H20BN5O. The molecule has 0 aliphatic carbocycles.